The summed E-state index contributed by atoms with van der Waals surface area (Å²) < 4.78 is 29.4. The van der Waals surface area contributed by atoms with Gasteiger partial charge in [-0.25, -0.2) is 8.42 Å². The van der Waals surface area contributed by atoms with Crippen molar-refractivity contribution in [1.82, 2.24) is 5.32 Å². The molecule has 0 aliphatic carbocycles. The maximum absolute atomic E-state index is 12.1. The van der Waals surface area contributed by atoms with E-state index in [0.717, 1.165) is 5.56 Å². The van der Waals surface area contributed by atoms with Crippen molar-refractivity contribution >= 4 is 27.3 Å². The highest BCUT2D eigenvalue weighted by molar-refractivity contribution is 7.90. The van der Waals surface area contributed by atoms with E-state index in [0.29, 0.717) is 22.9 Å². The Morgan fingerprint density at radius 2 is 1.84 bits per heavy atom. The zero-order valence-electron chi connectivity index (χ0n) is 13.9. The lowest BCUT2D eigenvalue weighted by atomic mass is 10.2. The largest absolute Gasteiger partial charge is 0.497 e. The predicted octanol–water partition coefficient (Wildman–Crippen LogP) is 2.97. The molecular weight excluding hydrogens is 362 g/mol. The second-order valence-corrected chi connectivity index (χ2v) is 8.22. The summed E-state index contributed by atoms with van der Waals surface area (Å²) in [6.07, 6.45) is -0.0696. The van der Waals surface area contributed by atoms with Gasteiger partial charge < -0.3 is 10.1 Å². The van der Waals surface area contributed by atoms with Gasteiger partial charge in [0.05, 0.1) is 18.6 Å². The van der Waals surface area contributed by atoms with E-state index in [-0.39, 0.29) is 23.8 Å². The lowest BCUT2D eigenvalue weighted by molar-refractivity contribution is -0.120. The molecule has 1 N–H and O–H groups in total. The van der Waals surface area contributed by atoms with Crippen LogP contribution in [0.3, 0.4) is 0 Å². The second-order valence-electron chi connectivity index (χ2n) is 5.60. The molecule has 0 radical (unpaired) electrons. The van der Waals surface area contributed by atoms with Crippen LogP contribution in [0.4, 0.5) is 0 Å². The molecule has 0 aliphatic heterocycles. The number of hydrogen-bond acceptors (Lipinski definition) is 4. The highest BCUT2D eigenvalue weighted by Gasteiger charge is 2.14. The number of sulfone groups is 1. The Kier molecular flexibility index (Phi) is 6.84. The summed E-state index contributed by atoms with van der Waals surface area (Å²) in [5.74, 6) is 0.104. The molecule has 0 bridgehead atoms. The molecule has 2 aromatic carbocycles. The van der Waals surface area contributed by atoms with Crippen LogP contribution < -0.4 is 10.1 Å². The number of carbonyl (C=O) groups excluding carboxylic acids is 1. The molecule has 0 saturated heterocycles. The van der Waals surface area contributed by atoms with Gasteiger partial charge >= 0.3 is 0 Å². The van der Waals surface area contributed by atoms with Crippen LogP contribution in [-0.2, 0) is 26.9 Å². The van der Waals surface area contributed by atoms with E-state index < -0.39 is 9.84 Å². The molecule has 134 valence electrons. The Bertz CT molecular complexity index is 819. The first-order valence-electron chi connectivity index (χ1n) is 7.72. The molecule has 1 amide bonds. The highest BCUT2D eigenvalue weighted by Crippen LogP contribution is 2.14. The maximum Gasteiger partial charge on any atom is 0.221 e. The highest BCUT2D eigenvalue weighted by atomic mass is 35.5. The van der Waals surface area contributed by atoms with Gasteiger partial charge in [0.1, 0.15) is 5.75 Å². The molecule has 0 fully saturated rings. The summed E-state index contributed by atoms with van der Waals surface area (Å²) >= 11 is 5.78. The molecule has 0 spiro atoms. The van der Waals surface area contributed by atoms with Gasteiger partial charge in [0.15, 0.2) is 9.84 Å². The smallest absolute Gasteiger partial charge is 0.221 e. The predicted molar refractivity (Wildman–Crippen MR) is 98.4 cm³/mol. The van der Waals surface area contributed by atoms with E-state index in [1.165, 1.54) is 0 Å². The van der Waals surface area contributed by atoms with Gasteiger partial charge in [-0.2, -0.15) is 0 Å². The third-order valence-corrected chi connectivity index (χ3v) is 5.42. The lowest BCUT2D eigenvalue weighted by Crippen LogP contribution is -2.25. The number of amides is 1. The number of nitrogens with one attached hydrogen (secondary N) is 1. The van der Waals surface area contributed by atoms with Crippen molar-refractivity contribution in [3.05, 3.63) is 64.7 Å². The van der Waals surface area contributed by atoms with Gasteiger partial charge in [-0.3, -0.25) is 4.79 Å². The molecule has 7 heteroatoms. The number of halogens is 1. The zero-order chi connectivity index (χ0) is 18.3. The number of methoxy groups -OCH3 is 1. The van der Waals surface area contributed by atoms with E-state index >= 15 is 0 Å². The molecule has 25 heavy (non-hydrogen) atoms. The summed E-state index contributed by atoms with van der Waals surface area (Å²) in [6.45, 7) is 0.327. The average molecular weight is 382 g/mol. The van der Waals surface area contributed by atoms with Crippen molar-refractivity contribution in [2.45, 2.75) is 18.7 Å². The summed E-state index contributed by atoms with van der Waals surface area (Å²) in [5.41, 5.74) is 1.54. The van der Waals surface area contributed by atoms with Crippen molar-refractivity contribution in [1.29, 1.82) is 0 Å². The molecule has 0 atom stereocenters. The SMILES string of the molecule is COc1cccc(CNC(=O)CCS(=O)(=O)Cc2ccc(Cl)cc2)c1. The zero-order valence-corrected chi connectivity index (χ0v) is 15.4. The van der Waals surface area contributed by atoms with Crippen molar-refractivity contribution in [2.24, 2.45) is 0 Å². The Hall–Kier alpha value is -2.05. The monoisotopic (exact) mass is 381 g/mol. The van der Waals surface area contributed by atoms with Crippen LogP contribution in [0.5, 0.6) is 5.75 Å². The molecule has 2 rings (SSSR count). The summed E-state index contributed by atoms with van der Waals surface area (Å²) in [5, 5.41) is 3.27. The Morgan fingerprint density at radius 1 is 1.12 bits per heavy atom. The number of rotatable bonds is 8. The van der Waals surface area contributed by atoms with Gasteiger partial charge in [-0.1, -0.05) is 35.9 Å². The summed E-state index contributed by atoms with van der Waals surface area (Å²) in [4.78, 5) is 11.9. The number of carbonyl (C=O) groups is 1. The quantitative estimate of drug-likeness (QED) is 0.763. The van der Waals surface area contributed by atoms with Gasteiger partial charge in [0.2, 0.25) is 5.91 Å². The van der Waals surface area contributed by atoms with Crippen LogP contribution in [-0.4, -0.2) is 27.2 Å². The molecule has 0 unspecified atom stereocenters. The van der Waals surface area contributed by atoms with Crippen LogP contribution in [0.25, 0.3) is 0 Å². The molecule has 0 aliphatic rings. The third-order valence-electron chi connectivity index (χ3n) is 3.56. The molecule has 5 nitrogen and oxygen atoms in total. The first-order chi connectivity index (χ1) is 11.9. The van der Waals surface area contributed by atoms with Crippen molar-refractivity contribution in [3.8, 4) is 5.75 Å². The summed E-state index contributed by atoms with van der Waals surface area (Å²) in [6, 6.07) is 14.0. The van der Waals surface area contributed by atoms with Crippen LogP contribution in [0, 0.1) is 0 Å². The van der Waals surface area contributed by atoms with E-state index in [1.54, 1.807) is 31.4 Å². The minimum atomic E-state index is -3.36. The third kappa shape index (κ3) is 6.76. The minimum Gasteiger partial charge on any atom is -0.497 e. The topological polar surface area (TPSA) is 72.5 Å². The molecule has 0 heterocycles. The molecular formula is C18H20ClNO4S. The van der Waals surface area contributed by atoms with Crippen LogP contribution in [0.1, 0.15) is 17.5 Å². The van der Waals surface area contributed by atoms with Crippen LogP contribution >= 0.6 is 11.6 Å². The molecule has 2 aromatic rings. The fraction of sp³-hybridized carbons (Fsp3) is 0.278. The number of ether oxygens (including phenoxy) is 1. The Labute approximate surface area is 152 Å². The van der Waals surface area contributed by atoms with Gasteiger partial charge in [0.25, 0.3) is 0 Å². The van der Waals surface area contributed by atoms with E-state index in [4.69, 9.17) is 16.3 Å². The number of benzene rings is 2. The standard InChI is InChI=1S/C18H20ClNO4S/c1-24-17-4-2-3-15(11-17)12-20-18(21)9-10-25(22,23)13-14-5-7-16(19)8-6-14/h2-8,11H,9-10,12-13H2,1H3,(H,20,21). The average Bonchev–Trinajstić information content (AvgIpc) is 2.60. The van der Waals surface area contributed by atoms with E-state index in [1.807, 2.05) is 24.3 Å². The second kappa shape index (κ2) is 8.87. The van der Waals surface area contributed by atoms with Crippen molar-refractivity contribution in [3.63, 3.8) is 0 Å². The normalized spacial score (nSPS) is 11.1. The lowest BCUT2D eigenvalue weighted by Gasteiger charge is -2.08. The maximum atomic E-state index is 12.1. The van der Waals surface area contributed by atoms with Crippen LogP contribution in [0.2, 0.25) is 5.02 Å². The van der Waals surface area contributed by atoms with Crippen molar-refractivity contribution in [2.75, 3.05) is 12.9 Å². The van der Waals surface area contributed by atoms with Crippen molar-refractivity contribution < 1.29 is 17.9 Å². The Morgan fingerprint density at radius 3 is 2.52 bits per heavy atom. The first kappa shape index (κ1) is 19.3. The molecule has 0 aromatic heterocycles. The van der Waals surface area contributed by atoms with Gasteiger partial charge in [-0.15, -0.1) is 0 Å². The van der Waals surface area contributed by atoms with Gasteiger partial charge in [0, 0.05) is 18.0 Å². The van der Waals surface area contributed by atoms with E-state index in [9.17, 15) is 13.2 Å². The van der Waals surface area contributed by atoms with E-state index in [2.05, 4.69) is 5.32 Å². The Balaban J connectivity index is 1.81. The fourth-order valence-electron chi connectivity index (χ4n) is 2.23. The van der Waals surface area contributed by atoms with Crippen LogP contribution in [0.15, 0.2) is 48.5 Å². The van der Waals surface area contributed by atoms with Gasteiger partial charge in [-0.05, 0) is 35.4 Å². The minimum absolute atomic E-state index is 0.0696. The fourth-order valence-corrected chi connectivity index (χ4v) is 3.69. The summed E-state index contributed by atoms with van der Waals surface area (Å²) in [7, 11) is -1.79. The first-order valence-corrected chi connectivity index (χ1v) is 9.92. The number of hydrogen-bond donors (Lipinski definition) is 1. The molecule has 0 saturated carbocycles.